The fraction of sp³-hybridized carbons (Fsp3) is 0.533. The van der Waals surface area contributed by atoms with Crippen LogP contribution in [0.5, 0.6) is 0 Å². The highest BCUT2D eigenvalue weighted by Crippen LogP contribution is 2.35. The number of nitrogens with two attached hydrogens (primary N) is 1. The van der Waals surface area contributed by atoms with Crippen molar-refractivity contribution in [3.63, 3.8) is 0 Å². The number of carboxylic acids is 1. The second kappa shape index (κ2) is 5.71. The van der Waals surface area contributed by atoms with Crippen molar-refractivity contribution >= 4 is 17.7 Å². The Morgan fingerprint density at radius 2 is 2.19 bits per heavy atom. The van der Waals surface area contributed by atoms with Crippen molar-refractivity contribution in [3.05, 3.63) is 23.4 Å². The summed E-state index contributed by atoms with van der Waals surface area (Å²) < 4.78 is 0. The second-order valence-electron chi connectivity index (χ2n) is 5.68. The third-order valence-electron chi connectivity index (χ3n) is 4.26. The number of hydrogen-bond acceptors (Lipinski definition) is 4. The van der Waals surface area contributed by atoms with Gasteiger partial charge in [0, 0.05) is 24.3 Å². The van der Waals surface area contributed by atoms with Crippen molar-refractivity contribution in [2.75, 3.05) is 18.0 Å². The zero-order valence-corrected chi connectivity index (χ0v) is 12.4. The molecule has 2 rings (SSSR count). The number of rotatable bonds is 4. The minimum Gasteiger partial charge on any atom is -0.481 e. The van der Waals surface area contributed by atoms with Crippen molar-refractivity contribution in [2.45, 2.75) is 33.1 Å². The number of carbonyl (C=O) groups is 2. The molecule has 6 nitrogen and oxygen atoms in total. The maximum atomic E-state index is 11.6. The Morgan fingerprint density at radius 1 is 1.48 bits per heavy atom. The van der Waals surface area contributed by atoms with Crippen molar-refractivity contribution in [3.8, 4) is 0 Å². The Morgan fingerprint density at radius 3 is 2.76 bits per heavy atom. The van der Waals surface area contributed by atoms with E-state index in [0.717, 1.165) is 13.0 Å². The molecule has 0 aromatic carbocycles. The zero-order chi connectivity index (χ0) is 15.6. The lowest BCUT2D eigenvalue weighted by atomic mass is 9.77. The summed E-state index contributed by atoms with van der Waals surface area (Å²) in [6, 6.07) is 3.28. The molecule has 1 unspecified atom stereocenters. The van der Waals surface area contributed by atoms with Gasteiger partial charge in [-0.3, -0.25) is 9.59 Å². The average Bonchev–Trinajstić information content (AvgIpc) is 2.46. The summed E-state index contributed by atoms with van der Waals surface area (Å²) in [7, 11) is 0. The number of hydrogen-bond donors (Lipinski definition) is 2. The summed E-state index contributed by atoms with van der Waals surface area (Å²) >= 11 is 0. The van der Waals surface area contributed by atoms with Gasteiger partial charge in [-0.25, -0.2) is 4.98 Å². The average molecular weight is 291 g/mol. The molecule has 1 atom stereocenters. The minimum atomic E-state index is -0.766. The molecule has 3 N–H and O–H groups in total. The maximum Gasteiger partial charge on any atom is 0.311 e. The van der Waals surface area contributed by atoms with Crippen LogP contribution in [0.4, 0.5) is 5.82 Å². The van der Waals surface area contributed by atoms with Crippen LogP contribution < -0.4 is 10.6 Å². The topological polar surface area (TPSA) is 96.5 Å². The summed E-state index contributed by atoms with van der Waals surface area (Å²) in [4.78, 5) is 29.3. The van der Waals surface area contributed by atoms with E-state index >= 15 is 0 Å². The summed E-state index contributed by atoms with van der Waals surface area (Å²) in [5.74, 6) is -0.640. The third kappa shape index (κ3) is 2.99. The molecule has 1 aromatic rings. The molecule has 21 heavy (non-hydrogen) atoms. The number of anilines is 1. The van der Waals surface area contributed by atoms with E-state index in [4.69, 9.17) is 5.73 Å². The van der Waals surface area contributed by atoms with E-state index in [-0.39, 0.29) is 0 Å². The Kier molecular flexibility index (Phi) is 4.16. The van der Waals surface area contributed by atoms with Crippen molar-refractivity contribution < 1.29 is 14.7 Å². The van der Waals surface area contributed by atoms with Crippen LogP contribution in [0, 0.1) is 12.3 Å². The lowest BCUT2D eigenvalue weighted by Crippen LogP contribution is -2.48. The van der Waals surface area contributed by atoms with Crippen LogP contribution in [-0.2, 0) is 4.79 Å². The molecule has 6 heteroatoms. The summed E-state index contributed by atoms with van der Waals surface area (Å²) in [5, 5.41) is 9.53. The number of carbonyl (C=O) groups excluding carboxylic acids is 1. The summed E-state index contributed by atoms with van der Waals surface area (Å²) in [6.07, 6.45) is 2.04. The number of aromatic nitrogens is 1. The molecule has 0 bridgehead atoms. The Bertz CT molecular complexity index is 573. The minimum absolute atomic E-state index is 0.403. The van der Waals surface area contributed by atoms with Crippen molar-refractivity contribution in [2.24, 2.45) is 11.1 Å². The largest absolute Gasteiger partial charge is 0.481 e. The van der Waals surface area contributed by atoms with Crippen LogP contribution in [0.1, 0.15) is 42.2 Å². The first kappa shape index (κ1) is 15.3. The van der Waals surface area contributed by atoms with E-state index in [0.29, 0.717) is 36.5 Å². The van der Waals surface area contributed by atoms with Gasteiger partial charge < -0.3 is 15.7 Å². The molecular formula is C15H21N3O3. The molecule has 114 valence electrons. The predicted molar refractivity (Wildman–Crippen MR) is 79.3 cm³/mol. The smallest absolute Gasteiger partial charge is 0.311 e. The Balaban J connectivity index is 2.33. The quantitative estimate of drug-likeness (QED) is 0.877. The second-order valence-corrected chi connectivity index (χ2v) is 5.68. The van der Waals surface area contributed by atoms with E-state index in [2.05, 4.69) is 4.98 Å². The standard InChI is InChI=1S/C15H21N3O3/c1-3-15(14(20)21)5-4-6-18(9-15)12-8-11(13(16)19)7-10(2)17-12/h7-8H,3-6,9H2,1-2H3,(H2,16,19)(H,20,21). The zero-order valence-electron chi connectivity index (χ0n) is 12.4. The van der Waals surface area contributed by atoms with Gasteiger partial charge in [0.25, 0.3) is 0 Å². The van der Waals surface area contributed by atoms with Gasteiger partial charge >= 0.3 is 5.97 Å². The molecule has 1 aliphatic heterocycles. The highest BCUT2D eigenvalue weighted by Gasteiger charge is 2.41. The van der Waals surface area contributed by atoms with E-state index in [1.54, 1.807) is 19.1 Å². The first-order valence-electron chi connectivity index (χ1n) is 7.15. The van der Waals surface area contributed by atoms with Crippen LogP contribution >= 0.6 is 0 Å². The molecule has 1 aromatic heterocycles. The van der Waals surface area contributed by atoms with E-state index in [1.165, 1.54) is 0 Å². The molecule has 0 spiro atoms. The van der Waals surface area contributed by atoms with E-state index < -0.39 is 17.3 Å². The lowest BCUT2D eigenvalue weighted by molar-refractivity contribution is -0.149. The van der Waals surface area contributed by atoms with Gasteiger partial charge in [-0.2, -0.15) is 0 Å². The van der Waals surface area contributed by atoms with Gasteiger partial charge in [-0.05, 0) is 38.3 Å². The number of piperidine rings is 1. The molecular weight excluding hydrogens is 270 g/mol. The fourth-order valence-corrected chi connectivity index (χ4v) is 2.90. The summed E-state index contributed by atoms with van der Waals surface area (Å²) in [5.41, 5.74) is 5.69. The SMILES string of the molecule is CCC1(C(=O)O)CCCN(c2cc(C(N)=O)cc(C)n2)C1. The monoisotopic (exact) mass is 291 g/mol. The normalized spacial score (nSPS) is 22.1. The highest BCUT2D eigenvalue weighted by atomic mass is 16.4. The number of amides is 1. The molecule has 0 saturated carbocycles. The molecule has 2 heterocycles. The number of aryl methyl sites for hydroxylation is 1. The third-order valence-corrected chi connectivity index (χ3v) is 4.26. The first-order chi connectivity index (χ1) is 9.88. The number of pyridine rings is 1. The van der Waals surface area contributed by atoms with Crippen LogP contribution in [0.3, 0.4) is 0 Å². The van der Waals surface area contributed by atoms with Gasteiger partial charge in [0.1, 0.15) is 5.82 Å². The van der Waals surface area contributed by atoms with Gasteiger partial charge in [0.15, 0.2) is 0 Å². The van der Waals surface area contributed by atoms with Crippen LogP contribution in [0.15, 0.2) is 12.1 Å². The number of nitrogens with zero attached hydrogens (tertiary/aromatic N) is 2. The van der Waals surface area contributed by atoms with Crippen LogP contribution in [0.25, 0.3) is 0 Å². The van der Waals surface area contributed by atoms with Gasteiger partial charge in [-0.15, -0.1) is 0 Å². The van der Waals surface area contributed by atoms with E-state index in [1.807, 2.05) is 11.8 Å². The fourth-order valence-electron chi connectivity index (χ4n) is 2.90. The van der Waals surface area contributed by atoms with Gasteiger partial charge in [0.2, 0.25) is 5.91 Å². The Labute approximate surface area is 124 Å². The molecule has 0 aliphatic carbocycles. The number of primary amides is 1. The summed E-state index contributed by atoms with van der Waals surface area (Å²) in [6.45, 7) is 4.84. The van der Waals surface area contributed by atoms with Gasteiger partial charge in [-0.1, -0.05) is 6.92 Å². The van der Waals surface area contributed by atoms with Crippen molar-refractivity contribution in [1.29, 1.82) is 0 Å². The molecule has 1 saturated heterocycles. The maximum absolute atomic E-state index is 11.6. The molecule has 1 aliphatic rings. The molecule has 1 fully saturated rings. The first-order valence-corrected chi connectivity index (χ1v) is 7.15. The highest BCUT2D eigenvalue weighted by molar-refractivity contribution is 5.93. The van der Waals surface area contributed by atoms with E-state index in [9.17, 15) is 14.7 Å². The lowest BCUT2D eigenvalue weighted by Gasteiger charge is -2.40. The number of carboxylic acid groups (broad SMARTS) is 1. The van der Waals surface area contributed by atoms with Crippen LogP contribution in [-0.4, -0.2) is 35.1 Å². The molecule has 1 amide bonds. The molecule has 0 radical (unpaired) electrons. The van der Waals surface area contributed by atoms with Crippen LogP contribution in [0.2, 0.25) is 0 Å². The Hall–Kier alpha value is -2.11. The van der Waals surface area contributed by atoms with Crippen molar-refractivity contribution in [1.82, 2.24) is 4.98 Å². The number of aliphatic carboxylic acids is 1. The predicted octanol–water partition coefficient (Wildman–Crippen LogP) is 1.57. The van der Waals surface area contributed by atoms with Gasteiger partial charge in [0.05, 0.1) is 5.41 Å².